The number of rotatable bonds is 4. The molecule has 18 heavy (non-hydrogen) atoms. The van der Waals surface area contributed by atoms with Crippen LogP contribution in [0.5, 0.6) is 0 Å². The van der Waals surface area contributed by atoms with E-state index in [1.807, 2.05) is 6.07 Å². The molecule has 1 heterocycles. The highest BCUT2D eigenvalue weighted by Crippen LogP contribution is 2.29. The van der Waals surface area contributed by atoms with Gasteiger partial charge in [0.25, 0.3) is 0 Å². The highest BCUT2D eigenvalue weighted by molar-refractivity contribution is 7.14. The fourth-order valence-electron chi connectivity index (χ4n) is 2.08. The third kappa shape index (κ3) is 2.88. The molecule has 0 amide bonds. The van der Waals surface area contributed by atoms with Crippen LogP contribution in [0.15, 0.2) is 29.6 Å². The number of benzene rings is 1. The predicted octanol–water partition coefficient (Wildman–Crippen LogP) is 5.45. The maximum atomic E-state index is 5.99. The Morgan fingerprint density at radius 2 is 2.17 bits per heavy atom. The molecule has 0 saturated carbocycles. The average Bonchev–Trinajstić information content (AvgIpc) is 2.78. The normalized spacial score (nSPS) is 12.4. The molecule has 1 N–H and O–H groups in total. The number of hydrogen-bond donors (Lipinski definition) is 1. The number of nitrogens with one attached hydrogen (secondary N) is 1. The molecule has 0 radical (unpaired) electrons. The zero-order valence-electron chi connectivity index (χ0n) is 11.0. The third-order valence-electron chi connectivity index (χ3n) is 3.19. The van der Waals surface area contributed by atoms with Gasteiger partial charge in [0.05, 0.1) is 4.34 Å². The van der Waals surface area contributed by atoms with Gasteiger partial charge >= 0.3 is 0 Å². The maximum absolute atomic E-state index is 5.99. The van der Waals surface area contributed by atoms with Crippen LogP contribution in [0.2, 0.25) is 4.34 Å². The zero-order chi connectivity index (χ0) is 13.1. The molecule has 1 nitrogen and oxygen atoms in total. The van der Waals surface area contributed by atoms with E-state index in [4.69, 9.17) is 11.6 Å². The number of halogens is 1. The van der Waals surface area contributed by atoms with Gasteiger partial charge in [0.2, 0.25) is 0 Å². The average molecular weight is 280 g/mol. The largest absolute Gasteiger partial charge is 0.378 e. The van der Waals surface area contributed by atoms with Crippen LogP contribution in [-0.2, 0) is 6.42 Å². The van der Waals surface area contributed by atoms with Crippen molar-refractivity contribution in [3.8, 4) is 0 Å². The van der Waals surface area contributed by atoms with E-state index < -0.39 is 0 Å². The van der Waals surface area contributed by atoms with Crippen molar-refractivity contribution in [2.24, 2.45) is 0 Å². The molecule has 1 unspecified atom stereocenters. The molecule has 0 aliphatic carbocycles. The highest BCUT2D eigenvalue weighted by Gasteiger charge is 2.11. The summed E-state index contributed by atoms with van der Waals surface area (Å²) in [5.74, 6) is 0. The minimum Gasteiger partial charge on any atom is -0.378 e. The molecule has 1 aromatic carbocycles. The summed E-state index contributed by atoms with van der Waals surface area (Å²) in [5, 5.41) is 5.72. The van der Waals surface area contributed by atoms with Crippen molar-refractivity contribution in [1.82, 2.24) is 0 Å². The van der Waals surface area contributed by atoms with Crippen LogP contribution in [0.3, 0.4) is 0 Å². The van der Waals surface area contributed by atoms with Crippen LogP contribution in [0.4, 0.5) is 5.69 Å². The molecule has 0 spiro atoms. The molecular formula is C15H18ClNS. The van der Waals surface area contributed by atoms with Crippen molar-refractivity contribution in [1.29, 1.82) is 0 Å². The summed E-state index contributed by atoms with van der Waals surface area (Å²) in [7, 11) is 0. The standard InChI is InChI=1S/C15H18ClNS/c1-4-12-7-5-6-10(2)15(12)17-11(3)13-8-14(16)18-9-13/h5-9,11,17H,4H2,1-3H3. The summed E-state index contributed by atoms with van der Waals surface area (Å²) in [6, 6.07) is 8.76. The van der Waals surface area contributed by atoms with Gasteiger partial charge in [0, 0.05) is 11.7 Å². The summed E-state index contributed by atoms with van der Waals surface area (Å²) >= 11 is 7.57. The molecule has 1 aromatic heterocycles. The summed E-state index contributed by atoms with van der Waals surface area (Å²) in [6.45, 7) is 6.51. The van der Waals surface area contributed by atoms with Crippen molar-refractivity contribution in [3.05, 3.63) is 50.7 Å². The van der Waals surface area contributed by atoms with E-state index in [0.29, 0.717) is 0 Å². The van der Waals surface area contributed by atoms with Gasteiger partial charge in [-0.1, -0.05) is 36.7 Å². The molecular weight excluding hydrogens is 262 g/mol. The Morgan fingerprint density at radius 1 is 1.39 bits per heavy atom. The fraction of sp³-hybridized carbons (Fsp3) is 0.333. The molecule has 96 valence electrons. The van der Waals surface area contributed by atoms with Gasteiger partial charge in [-0.15, -0.1) is 11.3 Å². The van der Waals surface area contributed by atoms with Gasteiger partial charge in [0.15, 0.2) is 0 Å². The smallest absolute Gasteiger partial charge is 0.0931 e. The highest BCUT2D eigenvalue weighted by atomic mass is 35.5. The second-order valence-electron chi connectivity index (χ2n) is 4.51. The lowest BCUT2D eigenvalue weighted by Crippen LogP contribution is -2.08. The fourth-order valence-corrected chi connectivity index (χ4v) is 3.06. The molecule has 2 rings (SSSR count). The third-order valence-corrected chi connectivity index (χ3v) is 4.30. The lowest BCUT2D eigenvalue weighted by molar-refractivity contribution is 0.882. The monoisotopic (exact) mass is 279 g/mol. The summed E-state index contributed by atoms with van der Waals surface area (Å²) < 4.78 is 0.846. The Hall–Kier alpha value is -0.990. The second kappa shape index (κ2) is 5.77. The molecule has 0 bridgehead atoms. The van der Waals surface area contributed by atoms with E-state index in [9.17, 15) is 0 Å². The molecule has 1 atom stereocenters. The molecule has 0 aliphatic heterocycles. The maximum Gasteiger partial charge on any atom is 0.0931 e. The van der Waals surface area contributed by atoms with Crippen LogP contribution in [0.1, 0.15) is 36.6 Å². The quantitative estimate of drug-likeness (QED) is 0.785. The Labute approximate surface area is 118 Å². The Bertz CT molecular complexity index is 533. The Kier molecular flexibility index (Phi) is 4.31. The van der Waals surface area contributed by atoms with Crippen LogP contribution >= 0.6 is 22.9 Å². The second-order valence-corrected chi connectivity index (χ2v) is 6.06. The van der Waals surface area contributed by atoms with Crippen molar-refractivity contribution in [2.75, 3.05) is 5.32 Å². The lowest BCUT2D eigenvalue weighted by Gasteiger charge is -2.19. The van der Waals surface area contributed by atoms with E-state index in [1.165, 1.54) is 22.4 Å². The van der Waals surface area contributed by atoms with Gasteiger partial charge in [-0.25, -0.2) is 0 Å². The lowest BCUT2D eigenvalue weighted by atomic mass is 10.0. The molecule has 0 fully saturated rings. The molecule has 0 aliphatic rings. The van der Waals surface area contributed by atoms with Crippen molar-refractivity contribution < 1.29 is 0 Å². The number of hydrogen-bond acceptors (Lipinski definition) is 2. The van der Waals surface area contributed by atoms with Gasteiger partial charge in [0.1, 0.15) is 0 Å². The van der Waals surface area contributed by atoms with Crippen LogP contribution in [0, 0.1) is 6.92 Å². The van der Waals surface area contributed by atoms with Gasteiger partial charge in [-0.3, -0.25) is 0 Å². The van der Waals surface area contributed by atoms with E-state index in [-0.39, 0.29) is 6.04 Å². The minimum absolute atomic E-state index is 0.278. The SMILES string of the molecule is CCc1cccc(C)c1NC(C)c1csc(Cl)c1. The number of para-hydroxylation sites is 1. The Balaban J connectivity index is 2.23. The van der Waals surface area contributed by atoms with Gasteiger partial charge < -0.3 is 5.32 Å². The Morgan fingerprint density at radius 3 is 2.78 bits per heavy atom. The van der Waals surface area contributed by atoms with Crippen molar-refractivity contribution in [3.63, 3.8) is 0 Å². The minimum atomic E-state index is 0.278. The zero-order valence-corrected chi connectivity index (χ0v) is 12.5. The van der Waals surface area contributed by atoms with E-state index in [0.717, 1.165) is 10.8 Å². The number of thiophene rings is 1. The van der Waals surface area contributed by atoms with Crippen LogP contribution in [-0.4, -0.2) is 0 Å². The topological polar surface area (TPSA) is 12.0 Å². The first kappa shape index (κ1) is 13.4. The molecule has 2 aromatic rings. The van der Waals surface area contributed by atoms with Crippen LogP contribution < -0.4 is 5.32 Å². The van der Waals surface area contributed by atoms with E-state index in [1.54, 1.807) is 11.3 Å². The summed E-state index contributed by atoms with van der Waals surface area (Å²) in [6.07, 6.45) is 1.04. The van der Waals surface area contributed by atoms with Crippen molar-refractivity contribution in [2.45, 2.75) is 33.2 Å². The first-order valence-corrected chi connectivity index (χ1v) is 7.46. The summed E-state index contributed by atoms with van der Waals surface area (Å²) in [4.78, 5) is 0. The molecule has 3 heteroatoms. The van der Waals surface area contributed by atoms with Gasteiger partial charge in [-0.2, -0.15) is 0 Å². The van der Waals surface area contributed by atoms with E-state index >= 15 is 0 Å². The van der Waals surface area contributed by atoms with Gasteiger partial charge in [-0.05, 0) is 48.4 Å². The van der Waals surface area contributed by atoms with E-state index in [2.05, 4.69) is 49.7 Å². The predicted molar refractivity (Wildman–Crippen MR) is 81.9 cm³/mol. The first-order valence-electron chi connectivity index (χ1n) is 6.20. The van der Waals surface area contributed by atoms with Crippen LogP contribution in [0.25, 0.3) is 0 Å². The number of aryl methyl sites for hydroxylation is 2. The first-order chi connectivity index (χ1) is 8.61. The van der Waals surface area contributed by atoms with Crippen molar-refractivity contribution >= 4 is 28.6 Å². The molecule has 0 saturated heterocycles. The summed E-state index contributed by atoms with van der Waals surface area (Å²) in [5.41, 5.74) is 5.16. The number of anilines is 1.